The Morgan fingerprint density at radius 2 is 2.17 bits per heavy atom. The average molecular weight is 355 g/mol. The summed E-state index contributed by atoms with van der Waals surface area (Å²) in [5, 5.41) is 5.79. The number of hydrogen-bond donors (Lipinski definition) is 3. The van der Waals surface area contributed by atoms with Gasteiger partial charge in [-0.3, -0.25) is 4.79 Å². The number of anilines is 1. The number of urea groups is 1. The van der Waals surface area contributed by atoms with Crippen molar-refractivity contribution in [2.24, 2.45) is 11.7 Å². The number of likely N-dealkylation sites (tertiary alicyclic amines) is 1. The second-order valence-electron chi connectivity index (χ2n) is 6.23. The molecule has 1 unspecified atom stereocenters. The van der Waals surface area contributed by atoms with Crippen LogP contribution in [0.15, 0.2) is 24.3 Å². The number of nitrogens with zero attached hydrogens (tertiary/aromatic N) is 1. The van der Waals surface area contributed by atoms with Crippen molar-refractivity contribution >= 4 is 30.0 Å². The lowest BCUT2D eigenvalue weighted by Gasteiger charge is -2.32. The van der Waals surface area contributed by atoms with Gasteiger partial charge in [-0.25, -0.2) is 4.79 Å². The zero-order chi connectivity index (χ0) is 16.8. The molecule has 0 spiro atoms. The Hall–Kier alpha value is -1.79. The van der Waals surface area contributed by atoms with Crippen LogP contribution in [0.1, 0.15) is 25.3 Å². The van der Waals surface area contributed by atoms with Gasteiger partial charge in [0.25, 0.3) is 0 Å². The molecule has 3 amide bonds. The maximum absolute atomic E-state index is 12.4. The van der Waals surface area contributed by atoms with Gasteiger partial charge in [0.2, 0.25) is 5.91 Å². The number of amides is 3. The van der Waals surface area contributed by atoms with Crippen LogP contribution in [0, 0.1) is 12.8 Å². The zero-order valence-corrected chi connectivity index (χ0v) is 15.1. The third-order valence-electron chi connectivity index (χ3n) is 4.09. The summed E-state index contributed by atoms with van der Waals surface area (Å²) in [5.41, 5.74) is 7.40. The third-order valence-corrected chi connectivity index (χ3v) is 4.09. The van der Waals surface area contributed by atoms with Crippen molar-refractivity contribution in [2.75, 3.05) is 25.0 Å². The molecule has 1 aromatic carbocycles. The third kappa shape index (κ3) is 5.69. The van der Waals surface area contributed by atoms with E-state index in [0.29, 0.717) is 19.6 Å². The van der Waals surface area contributed by atoms with Crippen LogP contribution < -0.4 is 16.4 Å². The molecule has 0 bridgehead atoms. The fourth-order valence-electron chi connectivity index (χ4n) is 2.72. The minimum absolute atomic E-state index is 0. The SMILES string of the molecule is Cc1cccc(NC(=O)N2CCCC(C(=O)N[C@@H](C)CN)C2)c1.Cl. The monoisotopic (exact) mass is 354 g/mol. The van der Waals surface area contributed by atoms with Gasteiger partial charge >= 0.3 is 6.03 Å². The van der Waals surface area contributed by atoms with Crippen LogP contribution >= 0.6 is 12.4 Å². The van der Waals surface area contributed by atoms with E-state index in [1.54, 1.807) is 4.90 Å². The lowest BCUT2D eigenvalue weighted by Crippen LogP contribution is -2.49. The molecule has 1 heterocycles. The second-order valence-corrected chi connectivity index (χ2v) is 6.23. The van der Waals surface area contributed by atoms with Crippen molar-refractivity contribution in [1.82, 2.24) is 10.2 Å². The molecule has 134 valence electrons. The maximum atomic E-state index is 12.4. The summed E-state index contributed by atoms with van der Waals surface area (Å²) in [4.78, 5) is 26.3. The first-order chi connectivity index (χ1) is 11.0. The molecule has 6 nitrogen and oxygen atoms in total. The molecule has 0 radical (unpaired) electrons. The van der Waals surface area contributed by atoms with Crippen LogP contribution in [0.2, 0.25) is 0 Å². The Morgan fingerprint density at radius 3 is 2.83 bits per heavy atom. The molecule has 1 aromatic rings. The smallest absolute Gasteiger partial charge is 0.321 e. The molecule has 1 aliphatic heterocycles. The highest BCUT2D eigenvalue weighted by atomic mass is 35.5. The van der Waals surface area contributed by atoms with Gasteiger partial charge in [0, 0.05) is 31.4 Å². The Labute approximate surface area is 149 Å². The molecule has 2 rings (SSSR count). The normalized spacial score (nSPS) is 18.3. The number of carbonyl (C=O) groups excluding carboxylic acids is 2. The Morgan fingerprint density at radius 1 is 1.42 bits per heavy atom. The average Bonchev–Trinajstić information content (AvgIpc) is 2.54. The van der Waals surface area contributed by atoms with Gasteiger partial charge in [0.05, 0.1) is 5.92 Å². The number of nitrogens with one attached hydrogen (secondary N) is 2. The molecule has 1 aliphatic rings. The van der Waals surface area contributed by atoms with Crippen molar-refractivity contribution in [3.8, 4) is 0 Å². The van der Waals surface area contributed by atoms with Gasteiger partial charge in [0.15, 0.2) is 0 Å². The van der Waals surface area contributed by atoms with Gasteiger partial charge < -0.3 is 21.3 Å². The largest absolute Gasteiger partial charge is 0.352 e. The van der Waals surface area contributed by atoms with E-state index in [9.17, 15) is 9.59 Å². The molecule has 1 saturated heterocycles. The molecule has 0 aliphatic carbocycles. The molecule has 0 saturated carbocycles. The number of rotatable bonds is 4. The maximum Gasteiger partial charge on any atom is 0.321 e. The molecule has 0 aromatic heterocycles. The van der Waals surface area contributed by atoms with Gasteiger partial charge in [-0.2, -0.15) is 0 Å². The quantitative estimate of drug-likeness (QED) is 0.774. The summed E-state index contributed by atoms with van der Waals surface area (Å²) in [5.74, 6) is -0.183. The van der Waals surface area contributed by atoms with E-state index in [4.69, 9.17) is 5.73 Å². The van der Waals surface area contributed by atoms with Crippen molar-refractivity contribution in [3.05, 3.63) is 29.8 Å². The van der Waals surface area contributed by atoms with Crippen LogP contribution in [0.3, 0.4) is 0 Å². The summed E-state index contributed by atoms with van der Waals surface area (Å²) in [6, 6.07) is 7.48. The van der Waals surface area contributed by atoms with E-state index < -0.39 is 0 Å². The highest BCUT2D eigenvalue weighted by molar-refractivity contribution is 5.90. The van der Waals surface area contributed by atoms with Crippen LogP contribution in [-0.2, 0) is 4.79 Å². The molecular weight excluding hydrogens is 328 g/mol. The predicted molar refractivity (Wildman–Crippen MR) is 98.4 cm³/mol. The van der Waals surface area contributed by atoms with Gasteiger partial charge in [0.1, 0.15) is 0 Å². The zero-order valence-electron chi connectivity index (χ0n) is 14.2. The lowest BCUT2D eigenvalue weighted by molar-refractivity contribution is -0.126. The second kappa shape index (κ2) is 9.49. The highest BCUT2D eigenvalue weighted by Crippen LogP contribution is 2.18. The first kappa shape index (κ1) is 20.3. The Kier molecular flexibility index (Phi) is 8.01. The fraction of sp³-hybridized carbons (Fsp3) is 0.529. The number of halogens is 1. The summed E-state index contributed by atoms with van der Waals surface area (Å²) in [6.07, 6.45) is 1.63. The molecular formula is C17H27ClN4O2. The lowest BCUT2D eigenvalue weighted by atomic mass is 9.97. The summed E-state index contributed by atoms with van der Waals surface area (Å²) in [7, 11) is 0. The number of carbonyl (C=O) groups is 2. The predicted octanol–water partition coefficient (Wildman–Crippen LogP) is 2.12. The number of hydrogen-bond acceptors (Lipinski definition) is 3. The van der Waals surface area contributed by atoms with E-state index in [2.05, 4.69) is 10.6 Å². The van der Waals surface area contributed by atoms with Crippen molar-refractivity contribution < 1.29 is 9.59 Å². The summed E-state index contributed by atoms with van der Waals surface area (Å²) < 4.78 is 0. The van der Waals surface area contributed by atoms with E-state index in [0.717, 1.165) is 24.1 Å². The number of piperidine rings is 1. The van der Waals surface area contributed by atoms with E-state index >= 15 is 0 Å². The topological polar surface area (TPSA) is 87.5 Å². The molecule has 24 heavy (non-hydrogen) atoms. The Balaban J connectivity index is 0.00000288. The van der Waals surface area contributed by atoms with Gasteiger partial charge in [-0.05, 0) is 44.4 Å². The first-order valence-corrected chi connectivity index (χ1v) is 8.12. The number of aryl methyl sites for hydroxylation is 1. The minimum Gasteiger partial charge on any atom is -0.352 e. The molecule has 4 N–H and O–H groups in total. The molecule has 2 atom stereocenters. The van der Waals surface area contributed by atoms with Crippen molar-refractivity contribution in [2.45, 2.75) is 32.7 Å². The number of nitrogens with two attached hydrogens (primary N) is 1. The van der Waals surface area contributed by atoms with Crippen LogP contribution in [0.25, 0.3) is 0 Å². The van der Waals surface area contributed by atoms with Crippen molar-refractivity contribution in [3.63, 3.8) is 0 Å². The minimum atomic E-state index is -0.166. The Bertz CT molecular complexity index is 567. The number of benzene rings is 1. The van der Waals surface area contributed by atoms with Gasteiger partial charge in [-0.15, -0.1) is 12.4 Å². The first-order valence-electron chi connectivity index (χ1n) is 8.12. The van der Waals surface area contributed by atoms with E-state index in [1.807, 2.05) is 38.1 Å². The van der Waals surface area contributed by atoms with Gasteiger partial charge in [-0.1, -0.05) is 12.1 Å². The van der Waals surface area contributed by atoms with Crippen LogP contribution in [-0.4, -0.2) is 42.5 Å². The van der Waals surface area contributed by atoms with E-state index in [-0.39, 0.29) is 36.3 Å². The summed E-state index contributed by atoms with van der Waals surface area (Å²) in [6.45, 7) is 5.39. The van der Waals surface area contributed by atoms with Crippen molar-refractivity contribution in [1.29, 1.82) is 0 Å². The summed E-state index contributed by atoms with van der Waals surface area (Å²) >= 11 is 0. The molecule has 1 fully saturated rings. The standard InChI is InChI=1S/C17H26N4O2.ClH/c1-12-5-3-7-15(9-12)20-17(23)21-8-4-6-14(11-21)16(22)19-13(2)10-18;/h3,5,7,9,13-14H,4,6,8,10-11,18H2,1-2H3,(H,19,22)(H,20,23);1H/t13-,14?;/m0./s1. The highest BCUT2D eigenvalue weighted by Gasteiger charge is 2.28. The van der Waals surface area contributed by atoms with Crippen LogP contribution in [0.4, 0.5) is 10.5 Å². The van der Waals surface area contributed by atoms with Crippen LogP contribution in [0.5, 0.6) is 0 Å². The fourth-order valence-corrected chi connectivity index (χ4v) is 2.72. The van der Waals surface area contributed by atoms with E-state index in [1.165, 1.54) is 0 Å². The molecule has 7 heteroatoms.